The molecule has 28 heavy (non-hydrogen) atoms. The van der Waals surface area contributed by atoms with Gasteiger partial charge in [0.25, 0.3) is 5.91 Å². The number of rotatable bonds is 8. The van der Waals surface area contributed by atoms with E-state index in [1.165, 1.54) is 10.5 Å². The normalized spacial score (nSPS) is 19.1. The lowest BCUT2D eigenvalue weighted by Crippen LogP contribution is -3.28. The summed E-state index contributed by atoms with van der Waals surface area (Å²) < 4.78 is 10.4. The second-order valence-corrected chi connectivity index (χ2v) is 7.33. The number of carbonyl (C=O) groups excluding carboxylic acids is 1. The van der Waals surface area contributed by atoms with Gasteiger partial charge in [0.2, 0.25) is 0 Å². The van der Waals surface area contributed by atoms with E-state index in [0.29, 0.717) is 13.1 Å². The molecular weight excluding hydrogens is 354 g/mol. The Kier molecular flexibility index (Phi) is 7.28. The van der Waals surface area contributed by atoms with Crippen LogP contribution in [0.15, 0.2) is 48.5 Å². The maximum absolute atomic E-state index is 12.3. The van der Waals surface area contributed by atoms with Gasteiger partial charge in [0.1, 0.15) is 44.2 Å². The molecular formula is C22H31N3O3+2. The first kappa shape index (κ1) is 20.2. The van der Waals surface area contributed by atoms with Gasteiger partial charge >= 0.3 is 0 Å². The minimum atomic E-state index is 0.115. The van der Waals surface area contributed by atoms with E-state index in [1.54, 1.807) is 19.1 Å². The second kappa shape index (κ2) is 10.1. The largest absolute Gasteiger partial charge is 0.497 e. The van der Waals surface area contributed by atoms with Crippen LogP contribution in [0.1, 0.15) is 11.1 Å². The summed E-state index contributed by atoms with van der Waals surface area (Å²) in [5.41, 5.74) is 2.41. The van der Waals surface area contributed by atoms with Crippen LogP contribution in [0.2, 0.25) is 0 Å². The maximum atomic E-state index is 12.3. The predicted molar refractivity (Wildman–Crippen MR) is 108 cm³/mol. The van der Waals surface area contributed by atoms with Gasteiger partial charge < -0.3 is 24.6 Å². The van der Waals surface area contributed by atoms with E-state index in [9.17, 15) is 4.79 Å². The van der Waals surface area contributed by atoms with E-state index in [-0.39, 0.29) is 5.91 Å². The summed E-state index contributed by atoms with van der Waals surface area (Å²) in [5.74, 6) is 1.84. The Morgan fingerprint density at radius 3 is 1.86 bits per heavy atom. The van der Waals surface area contributed by atoms with Crippen LogP contribution in [0.3, 0.4) is 0 Å². The SMILES string of the molecule is COc1ccc(CNC(=O)C[NH+]2CC[NH+](Cc3ccc(OC)cc3)CC2)cc1. The first-order valence-electron chi connectivity index (χ1n) is 9.86. The lowest BCUT2D eigenvalue weighted by molar-refractivity contribution is -1.02. The third-order valence-electron chi connectivity index (χ3n) is 5.34. The van der Waals surface area contributed by atoms with Crippen LogP contribution in [0.25, 0.3) is 0 Å². The van der Waals surface area contributed by atoms with Gasteiger partial charge in [0.05, 0.1) is 14.2 Å². The van der Waals surface area contributed by atoms with Gasteiger partial charge in [-0.1, -0.05) is 12.1 Å². The van der Waals surface area contributed by atoms with E-state index < -0.39 is 0 Å². The molecule has 0 saturated carbocycles. The molecule has 0 aromatic heterocycles. The molecule has 150 valence electrons. The lowest BCUT2D eigenvalue weighted by atomic mass is 10.2. The van der Waals surface area contributed by atoms with Crippen molar-refractivity contribution in [2.24, 2.45) is 0 Å². The molecule has 6 nitrogen and oxygen atoms in total. The van der Waals surface area contributed by atoms with Crippen LogP contribution in [0, 0.1) is 0 Å². The first-order chi connectivity index (χ1) is 13.7. The monoisotopic (exact) mass is 385 g/mol. The van der Waals surface area contributed by atoms with Crippen molar-refractivity contribution in [3.05, 3.63) is 59.7 Å². The zero-order valence-corrected chi connectivity index (χ0v) is 16.8. The quantitative estimate of drug-likeness (QED) is 0.564. The fourth-order valence-corrected chi connectivity index (χ4v) is 3.58. The van der Waals surface area contributed by atoms with Crippen LogP contribution in [0.5, 0.6) is 11.5 Å². The molecule has 1 saturated heterocycles. The number of amides is 1. The molecule has 1 heterocycles. The number of piperazine rings is 1. The van der Waals surface area contributed by atoms with Crippen LogP contribution in [0.4, 0.5) is 0 Å². The smallest absolute Gasteiger partial charge is 0.275 e. The topological polar surface area (TPSA) is 56.4 Å². The Morgan fingerprint density at radius 2 is 1.32 bits per heavy atom. The van der Waals surface area contributed by atoms with E-state index >= 15 is 0 Å². The van der Waals surface area contributed by atoms with Crippen molar-refractivity contribution in [2.75, 3.05) is 46.9 Å². The third kappa shape index (κ3) is 5.97. The summed E-state index contributed by atoms with van der Waals surface area (Å²) in [5, 5.41) is 3.03. The molecule has 0 bridgehead atoms. The Labute approximate surface area is 167 Å². The number of methoxy groups -OCH3 is 2. The van der Waals surface area contributed by atoms with E-state index in [4.69, 9.17) is 9.47 Å². The summed E-state index contributed by atoms with van der Waals surface area (Å²) in [7, 11) is 3.34. The Hall–Kier alpha value is -2.57. The molecule has 0 radical (unpaired) electrons. The number of carbonyl (C=O) groups is 1. The molecule has 6 heteroatoms. The van der Waals surface area contributed by atoms with Crippen LogP contribution < -0.4 is 24.6 Å². The van der Waals surface area contributed by atoms with Crippen LogP contribution in [-0.2, 0) is 17.9 Å². The summed E-state index contributed by atoms with van der Waals surface area (Å²) >= 11 is 0. The molecule has 1 aliphatic rings. The van der Waals surface area contributed by atoms with Gasteiger partial charge in [0, 0.05) is 12.1 Å². The molecule has 1 fully saturated rings. The number of hydrogen-bond acceptors (Lipinski definition) is 3. The predicted octanol–water partition coefficient (Wildman–Crippen LogP) is -0.696. The number of nitrogens with one attached hydrogen (secondary N) is 3. The minimum absolute atomic E-state index is 0.115. The number of hydrogen-bond donors (Lipinski definition) is 3. The molecule has 3 rings (SSSR count). The fraction of sp³-hybridized carbons (Fsp3) is 0.409. The van der Waals surface area contributed by atoms with Gasteiger partial charge in [-0.2, -0.15) is 0 Å². The standard InChI is InChI=1S/C22H29N3O3/c1-27-20-7-3-18(4-8-20)15-23-22(26)17-25-13-11-24(12-14-25)16-19-5-9-21(28-2)10-6-19/h3-10H,11-17H2,1-2H3,(H,23,26)/p+2. The molecule has 0 atom stereocenters. The van der Waals surface area contributed by atoms with Gasteiger partial charge in [-0.05, 0) is 42.0 Å². The Balaban J connectivity index is 1.36. The number of quaternary nitrogens is 2. The summed E-state index contributed by atoms with van der Waals surface area (Å²) in [6.07, 6.45) is 0. The van der Waals surface area contributed by atoms with Crippen molar-refractivity contribution < 1.29 is 24.1 Å². The van der Waals surface area contributed by atoms with Gasteiger partial charge in [-0.15, -0.1) is 0 Å². The van der Waals surface area contributed by atoms with Crippen molar-refractivity contribution in [3.63, 3.8) is 0 Å². The van der Waals surface area contributed by atoms with Crippen molar-refractivity contribution in [2.45, 2.75) is 13.1 Å². The van der Waals surface area contributed by atoms with Crippen molar-refractivity contribution in [3.8, 4) is 11.5 Å². The lowest BCUT2D eigenvalue weighted by Gasteiger charge is -2.29. The zero-order chi connectivity index (χ0) is 19.8. The fourth-order valence-electron chi connectivity index (χ4n) is 3.58. The van der Waals surface area contributed by atoms with E-state index in [0.717, 1.165) is 49.8 Å². The highest BCUT2D eigenvalue weighted by atomic mass is 16.5. The molecule has 0 spiro atoms. The second-order valence-electron chi connectivity index (χ2n) is 7.33. The van der Waals surface area contributed by atoms with Gasteiger partial charge in [0.15, 0.2) is 6.54 Å². The highest BCUT2D eigenvalue weighted by Crippen LogP contribution is 2.11. The third-order valence-corrected chi connectivity index (χ3v) is 5.34. The summed E-state index contributed by atoms with van der Waals surface area (Å²) in [6.45, 7) is 6.38. The van der Waals surface area contributed by atoms with Crippen LogP contribution in [-0.4, -0.2) is 52.9 Å². The van der Waals surface area contributed by atoms with E-state index in [1.807, 2.05) is 36.4 Å². The van der Waals surface area contributed by atoms with Crippen LogP contribution >= 0.6 is 0 Å². The van der Waals surface area contributed by atoms with Crippen molar-refractivity contribution >= 4 is 5.91 Å². The molecule has 2 aromatic rings. The van der Waals surface area contributed by atoms with Crippen molar-refractivity contribution in [1.82, 2.24) is 5.32 Å². The van der Waals surface area contributed by atoms with Gasteiger partial charge in [-0.3, -0.25) is 4.79 Å². The molecule has 3 N–H and O–H groups in total. The molecule has 0 unspecified atom stereocenters. The average molecular weight is 386 g/mol. The summed E-state index contributed by atoms with van der Waals surface area (Å²) in [6, 6.07) is 16.1. The average Bonchev–Trinajstić information content (AvgIpc) is 2.74. The number of benzene rings is 2. The molecule has 1 aliphatic heterocycles. The van der Waals surface area contributed by atoms with E-state index in [2.05, 4.69) is 17.4 Å². The maximum Gasteiger partial charge on any atom is 0.275 e. The molecule has 2 aromatic carbocycles. The van der Waals surface area contributed by atoms with Gasteiger partial charge in [-0.25, -0.2) is 0 Å². The molecule has 0 aliphatic carbocycles. The minimum Gasteiger partial charge on any atom is -0.497 e. The number of ether oxygens (including phenoxy) is 2. The zero-order valence-electron chi connectivity index (χ0n) is 16.8. The summed E-state index contributed by atoms with van der Waals surface area (Å²) in [4.78, 5) is 15.2. The first-order valence-corrected chi connectivity index (χ1v) is 9.86. The van der Waals surface area contributed by atoms with Crippen molar-refractivity contribution in [1.29, 1.82) is 0 Å². The Morgan fingerprint density at radius 1 is 0.821 bits per heavy atom. The molecule has 1 amide bonds. The Bertz CT molecular complexity index is 739. The highest BCUT2D eigenvalue weighted by Gasteiger charge is 2.24. The highest BCUT2D eigenvalue weighted by molar-refractivity contribution is 5.76.